The zero-order valence-corrected chi connectivity index (χ0v) is 16.4. The third kappa shape index (κ3) is 3.70. The molecule has 7 nitrogen and oxygen atoms in total. The number of rotatable bonds is 5. The molecule has 2 aliphatic heterocycles. The second kappa shape index (κ2) is 6.75. The largest absolute Gasteiger partial charge is 0.304 e. The standard InChI is InChI=1S/C16H27N5O2S2/c1-2-20-15(13-3-4-13)17-21(16(20)24)12-18-6-8-19(9-7-18)14-5-10-25(22,23)11-14/h13-14H,2-12H2,1H3. The Hall–Kier alpha value is -0.770. The van der Waals surface area contributed by atoms with E-state index in [0.717, 1.165) is 56.4 Å². The average Bonchev–Trinajstić information content (AvgIpc) is 3.30. The first-order chi connectivity index (χ1) is 12.0. The van der Waals surface area contributed by atoms with Gasteiger partial charge in [0.15, 0.2) is 14.6 Å². The quantitative estimate of drug-likeness (QED) is 0.707. The first kappa shape index (κ1) is 17.6. The van der Waals surface area contributed by atoms with Gasteiger partial charge in [-0.2, -0.15) is 5.10 Å². The van der Waals surface area contributed by atoms with Crippen molar-refractivity contribution in [2.75, 3.05) is 37.7 Å². The predicted octanol–water partition coefficient (Wildman–Crippen LogP) is 1.07. The molecule has 9 heteroatoms. The van der Waals surface area contributed by atoms with Crippen LogP contribution in [0.25, 0.3) is 0 Å². The van der Waals surface area contributed by atoms with Gasteiger partial charge in [0.1, 0.15) is 5.82 Å². The molecule has 0 aromatic carbocycles. The van der Waals surface area contributed by atoms with Crippen LogP contribution in [0.1, 0.15) is 37.9 Å². The van der Waals surface area contributed by atoms with Gasteiger partial charge in [0, 0.05) is 44.7 Å². The number of aromatic nitrogens is 3. The number of hydrogen-bond acceptors (Lipinski definition) is 6. The molecule has 0 amide bonds. The van der Waals surface area contributed by atoms with Crippen molar-refractivity contribution in [2.24, 2.45) is 0 Å². The lowest BCUT2D eigenvalue weighted by atomic mass is 10.2. The number of hydrogen-bond donors (Lipinski definition) is 0. The van der Waals surface area contributed by atoms with E-state index in [1.807, 2.05) is 4.68 Å². The van der Waals surface area contributed by atoms with Crippen LogP contribution in [0.4, 0.5) is 0 Å². The Labute approximate surface area is 154 Å². The minimum atomic E-state index is -2.81. The second-order valence-corrected chi connectivity index (χ2v) is 10.1. The summed E-state index contributed by atoms with van der Waals surface area (Å²) in [4.78, 5) is 4.72. The Balaban J connectivity index is 1.37. The summed E-state index contributed by atoms with van der Waals surface area (Å²) in [7, 11) is -2.81. The molecule has 4 rings (SSSR count). The van der Waals surface area contributed by atoms with Gasteiger partial charge < -0.3 is 4.57 Å². The fourth-order valence-corrected chi connectivity index (χ4v) is 6.10. The number of sulfone groups is 1. The Morgan fingerprint density at radius 2 is 1.88 bits per heavy atom. The van der Waals surface area contributed by atoms with Crippen molar-refractivity contribution >= 4 is 22.1 Å². The molecule has 0 bridgehead atoms. The maximum Gasteiger partial charge on any atom is 0.199 e. The van der Waals surface area contributed by atoms with Crippen LogP contribution < -0.4 is 0 Å². The van der Waals surface area contributed by atoms with Crippen LogP contribution in [0, 0.1) is 4.77 Å². The predicted molar refractivity (Wildman–Crippen MR) is 98.9 cm³/mol. The van der Waals surface area contributed by atoms with Crippen LogP contribution in [-0.4, -0.2) is 76.3 Å². The summed E-state index contributed by atoms with van der Waals surface area (Å²) in [5.74, 6) is 2.45. The van der Waals surface area contributed by atoms with E-state index in [1.54, 1.807) is 0 Å². The lowest BCUT2D eigenvalue weighted by molar-refractivity contribution is 0.0807. The van der Waals surface area contributed by atoms with Crippen molar-refractivity contribution in [2.45, 2.75) is 51.4 Å². The molecular formula is C16H27N5O2S2. The van der Waals surface area contributed by atoms with Crippen molar-refractivity contribution in [3.63, 3.8) is 0 Å². The van der Waals surface area contributed by atoms with E-state index in [9.17, 15) is 8.42 Å². The molecule has 1 aliphatic carbocycles. The first-order valence-electron chi connectivity index (χ1n) is 9.31. The molecule has 140 valence electrons. The second-order valence-electron chi connectivity index (χ2n) is 7.51. The Kier molecular flexibility index (Phi) is 4.76. The summed E-state index contributed by atoms with van der Waals surface area (Å²) >= 11 is 5.62. The van der Waals surface area contributed by atoms with E-state index in [2.05, 4.69) is 21.3 Å². The molecule has 3 fully saturated rings. The molecule has 1 aromatic rings. The molecule has 3 aliphatic rings. The zero-order chi connectivity index (χ0) is 17.6. The summed E-state index contributed by atoms with van der Waals surface area (Å²) in [5.41, 5.74) is 0. The molecule has 0 N–H and O–H groups in total. The molecule has 25 heavy (non-hydrogen) atoms. The van der Waals surface area contributed by atoms with E-state index >= 15 is 0 Å². The minimum absolute atomic E-state index is 0.218. The fourth-order valence-electron chi connectivity index (χ4n) is 4.01. The van der Waals surface area contributed by atoms with Gasteiger partial charge in [0.2, 0.25) is 0 Å². The Morgan fingerprint density at radius 1 is 1.16 bits per heavy atom. The van der Waals surface area contributed by atoms with Crippen LogP contribution in [0.2, 0.25) is 0 Å². The van der Waals surface area contributed by atoms with Gasteiger partial charge in [-0.05, 0) is 38.4 Å². The number of nitrogens with zero attached hydrogens (tertiary/aromatic N) is 5. The molecule has 2 saturated heterocycles. The summed E-state index contributed by atoms with van der Waals surface area (Å²) < 4.78 is 28.3. The highest BCUT2D eigenvalue weighted by Gasteiger charge is 2.34. The van der Waals surface area contributed by atoms with Crippen molar-refractivity contribution < 1.29 is 8.42 Å². The van der Waals surface area contributed by atoms with Crippen LogP contribution in [0.5, 0.6) is 0 Å². The van der Waals surface area contributed by atoms with Crippen LogP contribution in [0.15, 0.2) is 0 Å². The molecule has 0 radical (unpaired) electrons. The Bertz CT molecular complexity index is 788. The number of piperazine rings is 1. The van der Waals surface area contributed by atoms with Gasteiger partial charge in [0.25, 0.3) is 0 Å². The maximum atomic E-state index is 11.7. The third-order valence-corrected chi connectivity index (χ3v) is 7.86. The highest BCUT2D eigenvalue weighted by molar-refractivity contribution is 7.91. The van der Waals surface area contributed by atoms with Gasteiger partial charge in [-0.25, -0.2) is 13.1 Å². The summed E-state index contributed by atoms with van der Waals surface area (Å²) in [5, 5.41) is 4.79. The van der Waals surface area contributed by atoms with E-state index in [-0.39, 0.29) is 6.04 Å². The lowest BCUT2D eigenvalue weighted by Crippen LogP contribution is -2.51. The summed E-state index contributed by atoms with van der Waals surface area (Å²) in [6.45, 7) is 7.49. The summed E-state index contributed by atoms with van der Waals surface area (Å²) in [6, 6.07) is 0.218. The van der Waals surface area contributed by atoms with E-state index < -0.39 is 9.84 Å². The third-order valence-electron chi connectivity index (χ3n) is 5.68. The maximum absolute atomic E-state index is 11.7. The van der Waals surface area contributed by atoms with Crippen molar-refractivity contribution in [3.8, 4) is 0 Å². The van der Waals surface area contributed by atoms with E-state index in [0.29, 0.717) is 17.4 Å². The van der Waals surface area contributed by atoms with Crippen molar-refractivity contribution in [3.05, 3.63) is 10.6 Å². The van der Waals surface area contributed by atoms with Gasteiger partial charge in [-0.15, -0.1) is 0 Å². The zero-order valence-electron chi connectivity index (χ0n) is 14.8. The molecule has 1 aromatic heterocycles. The normalized spacial score (nSPS) is 27.8. The molecular weight excluding hydrogens is 358 g/mol. The average molecular weight is 386 g/mol. The minimum Gasteiger partial charge on any atom is -0.304 e. The van der Waals surface area contributed by atoms with Crippen molar-refractivity contribution in [1.29, 1.82) is 0 Å². The van der Waals surface area contributed by atoms with Gasteiger partial charge >= 0.3 is 0 Å². The first-order valence-corrected chi connectivity index (χ1v) is 11.5. The monoisotopic (exact) mass is 385 g/mol. The highest BCUT2D eigenvalue weighted by atomic mass is 32.2. The molecule has 3 heterocycles. The van der Waals surface area contributed by atoms with Crippen LogP contribution >= 0.6 is 12.2 Å². The SMILES string of the molecule is CCn1c(C2CC2)nn(CN2CCN(C3CCS(=O)(=O)C3)CC2)c1=S. The highest BCUT2D eigenvalue weighted by Crippen LogP contribution is 2.39. The van der Waals surface area contributed by atoms with E-state index in [1.165, 1.54) is 12.8 Å². The fraction of sp³-hybridized carbons (Fsp3) is 0.875. The van der Waals surface area contributed by atoms with Crippen LogP contribution in [0.3, 0.4) is 0 Å². The topological polar surface area (TPSA) is 63.4 Å². The Morgan fingerprint density at radius 3 is 2.44 bits per heavy atom. The molecule has 1 unspecified atom stereocenters. The summed E-state index contributed by atoms with van der Waals surface area (Å²) in [6.07, 6.45) is 3.25. The lowest BCUT2D eigenvalue weighted by Gasteiger charge is -2.37. The van der Waals surface area contributed by atoms with Gasteiger partial charge in [-0.3, -0.25) is 9.80 Å². The van der Waals surface area contributed by atoms with Gasteiger partial charge in [0.05, 0.1) is 18.2 Å². The molecule has 1 atom stereocenters. The van der Waals surface area contributed by atoms with Crippen molar-refractivity contribution in [1.82, 2.24) is 24.1 Å². The molecule has 1 saturated carbocycles. The van der Waals surface area contributed by atoms with E-state index in [4.69, 9.17) is 17.3 Å². The smallest absolute Gasteiger partial charge is 0.199 e. The molecule has 0 spiro atoms. The van der Waals surface area contributed by atoms with Crippen LogP contribution in [-0.2, 0) is 23.1 Å². The van der Waals surface area contributed by atoms with Gasteiger partial charge in [-0.1, -0.05) is 0 Å².